The molecule has 2 aromatic heterocycles. The average Bonchev–Trinajstić information content (AvgIpc) is 3.59. The van der Waals surface area contributed by atoms with E-state index in [1.165, 1.54) is 55.4 Å². The van der Waals surface area contributed by atoms with Gasteiger partial charge in [-0.1, -0.05) is 85.0 Å². The number of nitrogens with zero attached hydrogens (tertiary/aromatic N) is 2. The van der Waals surface area contributed by atoms with Gasteiger partial charge in [0.15, 0.2) is 0 Å². The number of rotatable bonds is 2. The summed E-state index contributed by atoms with van der Waals surface area (Å²) in [5.74, 6) is 2.06. The molecule has 0 amide bonds. The zero-order valence-electron chi connectivity index (χ0n) is 23.4. The highest BCUT2D eigenvalue weighted by molar-refractivity contribution is 6.01. The Labute approximate surface area is 245 Å². The fourth-order valence-corrected chi connectivity index (χ4v) is 7.42. The van der Waals surface area contributed by atoms with Gasteiger partial charge >= 0.3 is 0 Å². The molecule has 2 unspecified atom stereocenters. The topological polar surface area (TPSA) is 42.5 Å². The van der Waals surface area contributed by atoms with Crippen LogP contribution in [0.2, 0.25) is 0 Å². The Hall–Kier alpha value is -4.83. The number of para-hydroxylation sites is 2. The molecule has 4 heteroatoms. The van der Waals surface area contributed by atoms with Crippen LogP contribution in [-0.2, 0) is 12.8 Å². The van der Waals surface area contributed by atoms with Gasteiger partial charge < -0.3 is 9.73 Å². The van der Waals surface area contributed by atoms with Crippen molar-refractivity contribution in [1.29, 1.82) is 0 Å². The summed E-state index contributed by atoms with van der Waals surface area (Å²) < 4.78 is 8.61. The summed E-state index contributed by atoms with van der Waals surface area (Å²) in [7, 11) is 0. The Morgan fingerprint density at radius 1 is 0.786 bits per heavy atom. The average molecular weight is 546 g/mol. The van der Waals surface area contributed by atoms with E-state index in [1.54, 1.807) is 0 Å². The molecule has 1 aliphatic heterocycles. The molecular formula is C38H31N3O. The second-order valence-electron chi connectivity index (χ2n) is 11.8. The minimum atomic E-state index is 0.0892. The highest BCUT2D eigenvalue weighted by Crippen LogP contribution is 2.41. The summed E-state index contributed by atoms with van der Waals surface area (Å²) in [6.45, 7) is 0. The minimum absolute atomic E-state index is 0.0892. The van der Waals surface area contributed by atoms with Crippen molar-refractivity contribution in [2.75, 3.05) is 0 Å². The van der Waals surface area contributed by atoms with Gasteiger partial charge in [0.25, 0.3) is 0 Å². The van der Waals surface area contributed by atoms with Crippen LogP contribution >= 0.6 is 0 Å². The van der Waals surface area contributed by atoms with E-state index >= 15 is 0 Å². The lowest BCUT2D eigenvalue weighted by Crippen LogP contribution is -2.43. The Kier molecular flexibility index (Phi) is 5.31. The molecule has 0 radical (unpaired) electrons. The highest BCUT2D eigenvalue weighted by atomic mass is 16.3. The molecule has 0 spiro atoms. The van der Waals surface area contributed by atoms with Gasteiger partial charge in [0, 0.05) is 22.8 Å². The third kappa shape index (κ3) is 3.64. The molecule has 9 rings (SSSR count). The molecule has 3 heterocycles. The van der Waals surface area contributed by atoms with Crippen molar-refractivity contribution in [2.45, 2.75) is 44.2 Å². The van der Waals surface area contributed by atoms with Crippen LogP contribution in [0.1, 0.15) is 53.4 Å². The van der Waals surface area contributed by atoms with Crippen molar-refractivity contribution in [3.63, 3.8) is 0 Å². The van der Waals surface area contributed by atoms with E-state index < -0.39 is 0 Å². The molecule has 2 atom stereocenters. The van der Waals surface area contributed by atoms with Gasteiger partial charge in [-0.05, 0) is 77.8 Å². The van der Waals surface area contributed by atoms with Gasteiger partial charge in [-0.25, -0.2) is 4.99 Å². The number of nitrogens with one attached hydrogen (secondary N) is 1. The van der Waals surface area contributed by atoms with Crippen LogP contribution in [0.25, 0.3) is 34.0 Å². The van der Waals surface area contributed by atoms with E-state index in [0.717, 1.165) is 49.4 Å². The lowest BCUT2D eigenvalue weighted by molar-refractivity contribution is 0.543. The summed E-state index contributed by atoms with van der Waals surface area (Å²) >= 11 is 0. The fraction of sp³-hybridized carbons (Fsp3) is 0.184. The number of allylic oxidation sites excluding steroid dienone is 4. The molecule has 1 N–H and O–H groups in total. The van der Waals surface area contributed by atoms with Gasteiger partial charge in [0.05, 0.1) is 23.3 Å². The highest BCUT2D eigenvalue weighted by Gasteiger charge is 2.33. The lowest BCUT2D eigenvalue weighted by atomic mass is 9.85. The predicted octanol–water partition coefficient (Wildman–Crippen LogP) is 8.55. The van der Waals surface area contributed by atoms with Crippen molar-refractivity contribution in [3.05, 3.63) is 142 Å². The van der Waals surface area contributed by atoms with Crippen molar-refractivity contribution in [2.24, 2.45) is 4.99 Å². The molecule has 3 aliphatic carbocycles. The summed E-state index contributed by atoms with van der Waals surface area (Å²) in [6, 6.07) is 28.3. The first-order chi connectivity index (χ1) is 20.8. The van der Waals surface area contributed by atoms with Gasteiger partial charge in [0.1, 0.15) is 11.3 Å². The number of hydrogen-bond donors (Lipinski definition) is 1. The molecule has 3 aromatic carbocycles. The smallest absolute Gasteiger partial charge is 0.204 e. The summed E-state index contributed by atoms with van der Waals surface area (Å²) in [5, 5.41) is 6.44. The third-order valence-electron chi connectivity index (χ3n) is 9.44. The zero-order valence-corrected chi connectivity index (χ0v) is 23.4. The normalized spacial score (nSPS) is 21.0. The second kappa shape index (κ2) is 9.35. The van der Waals surface area contributed by atoms with Crippen LogP contribution in [0.3, 0.4) is 0 Å². The predicted molar refractivity (Wildman–Crippen MR) is 172 cm³/mol. The van der Waals surface area contributed by atoms with Crippen LogP contribution in [0.15, 0.2) is 123 Å². The lowest BCUT2D eigenvalue weighted by Gasteiger charge is -2.35. The summed E-state index contributed by atoms with van der Waals surface area (Å²) in [4.78, 5) is 5.37. The van der Waals surface area contributed by atoms with E-state index in [0.29, 0.717) is 0 Å². The van der Waals surface area contributed by atoms with Crippen molar-refractivity contribution in [1.82, 2.24) is 9.88 Å². The number of hydrogen-bond acceptors (Lipinski definition) is 3. The van der Waals surface area contributed by atoms with E-state index in [1.807, 2.05) is 0 Å². The first kappa shape index (κ1) is 23.8. The van der Waals surface area contributed by atoms with Crippen LogP contribution in [-0.4, -0.2) is 16.6 Å². The number of aryl methyl sites for hydroxylation is 2. The van der Waals surface area contributed by atoms with Gasteiger partial charge in [-0.2, -0.15) is 0 Å². The van der Waals surface area contributed by atoms with Gasteiger partial charge in [-0.3, -0.25) is 4.57 Å². The van der Waals surface area contributed by atoms with Crippen molar-refractivity contribution in [3.8, 4) is 0 Å². The summed E-state index contributed by atoms with van der Waals surface area (Å²) in [6.07, 6.45) is 16.5. The Morgan fingerprint density at radius 2 is 1.57 bits per heavy atom. The maximum absolute atomic E-state index is 6.21. The molecule has 4 aliphatic rings. The molecule has 5 aromatic rings. The molecule has 0 bridgehead atoms. The number of aromatic nitrogens is 1. The van der Waals surface area contributed by atoms with Crippen LogP contribution in [0, 0.1) is 0 Å². The van der Waals surface area contributed by atoms with E-state index in [2.05, 4.69) is 119 Å². The molecule has 204 valence electrons. The third-order valence-corrected chi connectivity index (χ3v) is 9.44. The number of furan rings is 1. The monoisotopic (exact) mass is 545 g/mol. The summed E-state index contributed by atoms with van der Waals surface area (Å²) in [5.41, 5.74) is 11.6. The first-order valence-electron chi connectivity index (χ1n) is 15.1. The molecule has 0 saturated carbocycles. The minimum Gasteiger partial charge on any atom is -0.460 e. The Morgan fingerprint density at radius 3 is 2.50 bits per heavy atom. The molecule has 42 heavy (non-hydrogen) atoms. The second-order valence-corrected chi connectivity index (χ2v) is 11.8. The zero-order chi connectivity index (χ0) is 27.6. The van der Waals surface area contributed by atoms with E-state index in [4.69, 9.17) is 9.41 Å². The standard InChI is InChI=1S/C38H31N3O/c1-2-10-24(11-3-1)37-30-14-4-7-15-32(30)39-38(40-37)41-33-16-8-5-12-27(33)28-20-18-26(23-34(28)41)25-19-21-36-31(22-25)29-13-6-9-17-35(29)42-36/h1-14,16-17,22-23,32,37H,15,18-21H2,(H,39,40). The van der Waals surface area contributed by atoms with E-state index in [-0.39, 0.29) is 12.1 Å². The largest absolute Gasteiger partial charge is 0.460 e. The molecule has 0 fully saturated rings. The Bertz CT molecular complexity index is 2050. The quantitative estimate of drug-likeness (QED) is 0.241. The maximum atomic E-state index is 6.21. The van der Waals surface area contributed by atoms with Gasteiger partial charge in [0.2, 0.25) is 5.96 Å². The molecular weight excluding hydrogens is 514 g/mol. The van der Waals surface area contributed by atoms with Crippen molar-refractivity contribution < 1.29 is 4.42 Å². The fourth-order valence-electron chi connectivity index (χ4n) is 7.42. The number of aliphatic imine (C=N–C) groups is 1. The number of benzene rings is 3. The van der Waals surface area contributed by atoms with Crippen LogP contribution in [0.4, 0.5) is 0 Å². The van der Waals surface area contributed by atoms with Crippen molar-refractivity contribution >= 4 is 40.0 Å². The SMILES string of the molecule is C1=CCC2N=C(n3c4c(c5ccccc53)CCC(C3=Cc5c(oc6ccccc56)CC3)=C4)NC(c3ccccc3)C2=C1. The van der Waals surface area contributed by atoms with Crippen LogP contribution in [0.5, 0.6) is 0 Å². The molecule has 4 nitrogen and oxygen atoms in total. The first-order valence-corrected chi connectivity index (χ1v) is 15.1. The van der Waals surface area contributed by atoms with Gasteiger partial charge in [-0.15, -0.1) is 0 Å². The number of fused-ring (bicyclic) bond motifs is 7. The van der Waals surface area contributed by atoms with Crippen LogP contribution < -0.4 is 5.32 Å². The van der Waals surface area contributed by atoms with E-state index in [9.17, 15) is 0 Å². The Balaban J connectivity index is 1.19. The maximum Gasteiger partial charge on any atom is 0.204 e. The molecule has 0 saturated heterocycles.